The Balaban J connectivity index is 2.03. The Hall–Kier alpha value is -3.08. The minimum atomic E-state index is -1.22. The fourth-order valence-electron chi connectivity index (χ4n) is 2.26. The van der Waals surface area contributed by atoms with Crippen LogP contribution in [-0.4, -0.2) is 15.7 Å². The maximum atomic E-state index is 11.2. The number of carboxylic acids is 1. The molecule has 0 saturated heterocycles. The number of nitrogens with one attached hydrogen (secondary N) is 1. The topological polar surface area (TPSA) is 70.0 Å². The molecule has 5 heteroatoms. The Labute approximate surface area is 127 Å². The van der Waals surface area contributed by atoms with E-state index in [0.29, 0.717) is 11.5 Å². The SMILES string of the molecule is Cc1cc(Nc2ccccc2C(=O)[O-])n(-c2ccccc2)n1. The molecule has 0 aliphatic heterocycles. The second kappa shape index (κ2) is 5.73. The predicted octanol–water partition coefficient (Wildman–Crippen LogP) is 2.29. The van der Waals surface area contributed by atoms with Crippen molar-refractivity contribution in [1.82, 2.24) is 9.78 Å². The van der Waals surface area contributed by atoms with E-state index in [1.165, 1.54) is 6.07 Å². The zero-order chi connectivity index (χ0) is 15.5. The molecule has 110 valence electrons. The Kier molecular flexibility index (Phi) is 3.62. The molecule has 5 nitrogen and oxygen atoms in total. The summed E-state index contributed by atoms with van der Waals surface area (Å²) in [6.07, 6.45) is 0. The van der Waals surface area contributed by atoms with Crippen LogP contribution in [0.25, 0.3) is 5.69 Å². The van der Waals surface area contributed by atoms with E-state index in [1.807, 2.05) is 43.3 Å². The maximum Gasteiger partial charge on any atom is 0.134 e. The molecule has 3 rings (SSSR count). The number of carboxylic acid groups (broad SMARTS) is 1. The van der Waals surface area contributed by atoms with Crippen LogP contribution in [0.15, 0.2) is 60.7 Å². The number of hydrogen-bond donors (Lipinski definition) is 1. The predicted molar refractivity (Wildman–Crippen MR) is 82.4 cm³/mol. The summed E-state index contributed by atoms with van der Waals surface area (Å²) in [5.74, 6) is -0.525. The maximum absolute atomic E-state index is 11.2. The highest BCUT2D eigenvalue weighted by Crippen LogP contribution is 2.23. The summed E-state index contributed by atoms with van der Waals surface area (Å²) in [4.78, 5) is 11.2. The van der Waals surface area contributed by atoms with Gasteiger partial charge in [0.05, 0.1) is 17.4 Å². The Bertz CT molecular complexity index is 810. The largest absolute Gasteiger partial charge is 0.545 e. The van der Waals surface area contributed by atoms with Gasteiger partial charge in [-0.05, 0) is 25.1 Å². The monoisotopic (exact) mass is 292 g/mol. The number of aryl methyl sites for hydroxylation is 1. The molecule has 1 aromatic heterocycles. The van der Waals surface area contributed by atoms with Crippen LogP contribution < -0.4 is 10.4 Å². The molecule has 0 aliphatic carbocycles. The van der Waals surface area contributed by atoms with Crippen LogP contribution in [0.4, 0.5) is 11.5 Å². The highest BCUT2D eigenvalue weighted by Gasteiger charge is 2.10. The normalized spacial score (nSPS) is 10.4. The minimum absolute atomic E-state index is 0.112. The lowest BCUT2D eigenvalue weighted by Gasteiger charge is -2.13. The van der Waals surface area contributed by atoms with Crippen molar-refractivity contribution in [3.63, 3.8) is 0 Å². The zero-order valence-corrected chi connectivity index (χ0v) is 12.0. The van der Waals surface area contributed by atoms with Crippen molar-refractivity contribution in [3.05, 3.63) is 71.9 Å². The number of aromatic nitrogens is 2. The summed E-state index contributed by atoms with van der Waals surface area (Å²) >= 11 is 0. The van der Waals surface area contributed by atoms with Gasteiger partial charge in [0.15, 0.2) is 0 Å². The molecular formula is C17H14N3O2-. The summed E-state index contributed by atoms with van der Waals surface area (Å²) in [6.45, 7) is 1.88. The Morgan fingerprint density at radius 1 is 1.09 bits per heavy atom. The second-order valence-corrected chi connectivity index (χ2v) is 4.88. The van der Waals surface area contributed by atoms with E-state index in [1.54, 1.807) is 22.9 Å². The smallest absolute Gasteiger partial charge is 0.134 e. The third-order valence-corrected chi connectivity index (χ3v) is 3.24. The number of carbonyl (C=O) groups excluding carboxylic acids is 1. The van der Waals surface area contributed by atoms with Gasteiger partial charge in [0.25, 0.3) is 0 Å². The standard InChI is InChI=1S/C17H15N3O2/c1-12-11-16(20(19-12)13-7-3-2-4-8-13)18-15-10-6-5-9-14(15)17(21)22/h2-11,18H,1H3,(H,21,22)/p-1. The molecule has 0 bridgehead atoms. The van der Waals surface area contributed by atoms with E-state index in [2.05, 4.69) is 10.4 Å². The quantitative estimate of drug-likeness (QED) is 0.801. The lowest BCUT2D eigenvalue weighted by Crippen LogP contribution is -2.23. The first-order valence-corrected chi connectivity index (χ1v) is 6.84. The van der Waals surface area contributed by atoms with Crippen LogP contribution in [0.2, 0.25) is 0 Å². The molecule has 0 atom stereocenters. The van der Waals surface area contributed by atoms with Crippen molar-refractivity contribution in [3.8, 4) is 5.69 Å². The molecule has 0 fully saturated rings. The molecule has 3 aromatic rings. The fourth-order valence-corrected chi connectivity index (χ4v) is 2.26. The summed E-state index contributed by atoms with van der Waals surface area (Å²) in [6, 6.07) is 18.1. The Morgan fingerprint density at radius 2 is 1.77 bits per heavy atom. The first kappa shape index (κ1) is 13.9. The van der Waals surface area contributed by atoms with Crippen molar-refractivity contribution in [2.24, 2.45) is 0 Å². The number of rotatable bonds is 4. The number of benzene rings is 2. The molecule has 2 aromatic carbocycles. The van der Waals surface area contributed by atoms with Gasteiger partial charge < -0.3 is 15.2 Å². The van der Waals surface area contributed by atoms with Crippen molar-refractivity contribution in [1.29, 1.82) is 0 Å². The van der Waals surface area contributed by atoms with Gasteiger partial charge in [0.1, 0.15) is 5.82 Å². The number of hydrogen-bond acceptors (Lipinski definition) is 4. The van der Waals surface area contributed by atoms with Crippen molar-refractivity contribution < 1.29 is 9.90 Å². The van der Waals surface area contributed by atoms with E-state index in [4.69, 9.17) is 0 Å². The molecule has 1 N–H and O–H groups in total. The van der Waals surface area contributed by atoms with E-state index in [0.717, 1.165) is 11.4 Å². The van der Waals surface area contributed by atoms with Gasteiger partial charge in [-0.3, -0.25) is 0 Å². The van der Waals surface area contributed by atoms with Gasteiger partial charge >= 0.3 is 0 Å². The average Bonchev–Trinajstić information content (AvgIpc) is 2.89. The molecule has 0 saturated carbocycles. The third kappa shape index (κ3) is 2.69. The second-order valence-electron chi connectivity index (χ2n) is 4.88. The highest BCUT2D eigenvalue weighted by molar-refractivity contribution is 5.93. The van der Waals surface area contributed by atoms with Crippen LogP contribution >= 0.6 is 0 Å². The number of aromatic carboxylic acids is 1. The van der Waals surface area contributed by atoms with Crippen molar-refractivity contribution >= 4 is 17.5 Å². The minimum Gasteiger partial charge on any atom is -0.545 e. The fraction of sp³-hybridized carbons (Fsp3) is 0.0588. The first-order valence-electron chi connectivity index (χ1n) is 6.84. The molecule has 0 radical (unpaired) electrons. The number of nitrogens with zero attached hydrogens (tertiary/aromatic N) is 2. The number of carbonyl (C=O) groups is 1. The third-order valence-electron chi connectivity index (χ3n) is 3.24. The van der Waals surface area contributed by atoms with Crippen molar-refractivity contribution in [2.45, 2.75) is 6.92 Å². The summed E-state index contributed by atoms with van der Waals surface area (Å²) in [7, 11) is 0. The summed E-state index contributed by atoms with van der Waals surface area (Å²) < 4.78 is 1.74. The van der Waals surface area contributed by atoms with Crippen LogP contribution in [0.5, 0.6) is 0 Å². The molecule has 0 unspecified atom stereocenters. The van der Waals surface area contributed by atoms with Crippen LogP contribution in [0.1, 0.15) is 16.1 Å². The summed E-state index contributed by atoms with van der Waals surface area (Å²) in [5.41, 5.74) is 2.31. The van der Waals surface area contributed by atoms with E-state index in [9.17, 15) is 9.90 Å². The van der Waals surface area contributed by atoms with Gasteiger partial charge in [0, 0.05) is 17.3 Å². The van der Waals surface area contributed by atoms with Crippen LogP contribution in [0.3, 0.4) is 0 Å². The molecular weight excluding hydrogens is 278 g/mol. The van der Waals surface area contributed by atoms with Gasteiger partial charge in [-0.15, -0.1) is 0 Å². The zero-order valence-electron chi connectivity index (χ0n) is 12.0. The van der Waals surface area contributed by atoms with Crippen LogP contribution in [-0.2, 0) is 0 Å². The number of para-hydroxylation sites is 2. The molecule has 22 heavy (non-hydrogen) atoms. The molecule has 0 aliphatic rings. The molecule has 1 heterocycles. The van der Waals surface area contributed by atoms with Gasteiger partial charge in [-0.2, -0.15) is 5.10 Å². The van der Waals surface area contributed by atoms with Gasteiger partial charge in [0.2, 0.25) is 0 Å². The van der Waals surface area contributed by atoms with Crippen LogP contribution in [0, 0.1) is 6.92 Å². The van der Waals surface area contributed by atoms with Gasteiger partial charge in [-0.25, -0.2) is 4.68 Å². The first-order chi connectivity index (χ1) is 10.6. The molecule has 0 amide bonds. The van der Waals surface area contributed by atoms with Gasteiger partial charge in [-0.1, -0.05) is 36.4 Å². The Morgan fingerprint density at radius 3 is 2.50 bits per heavy atom. The van der Waals surface area contributed by atoms with E-state index in [-0.39, 0.29) is 5.56 Å². The summed E-state index contributed by atoms with van der Waals surface area (Å²) in [5, 5.41) is 18.8. The lowest BCUT2D eigenvalue weighted by atomic mass is 10.2. The number of anilines is 2. The highest BCUT2D eigenvalue weighted by atomic mass is 16.4. The van der Waals surface area contributed by atoms with Crippen molar-refractivity contribution in [2.75, 3.05) is 5.32 Å². The van der Waals surface area contributed by atoms with E-state index >= 15 is 0 Å². The molecule has 0 spiro atoms. The van der Waals surface area contributed by atoms with E-state index < -0.39 is 5.97 Å². The lowest BCUT2D eigenvalue weighted by molar-refractivity contribution is -0.254. The average molecular weight is 292 g/mol.